The van der Waals surface area contributed by atoms with Gasteiger partial charge in [-0.05, 0) is 31.0 Å². The highest BCUT2D eigenvalue weighted by Gasteiger charge is 2.48. The molecule has 2 saturated heterocycles. The number of piperidine rings is 1. The number of nitriles is 1. The predicted octanol–water partition coefficient (Wildman–Crippen LogP) is 4.04. The third-order valence-corrected chi connectivity index (χ3v) is 7.71. The number of likely N-dealkylation sites (tertiary alicyclic amines) is 2. The van der Waals surface area contributed by atoms with E-state index in [2.05, 4.69) is 41.1 Å². The van der Waals surface area contributed by atoms with Gasteiger partial charge in [-0.3, -0.25) is 9.58 Å². The first-order chi connectivity index (χ1) is 19.5. The molecule has 11 nitrogen and oxygen atoms in total. The predicted molar refractivity (Wildman–Crippen MR) is 142 cm³/mol. The van der Waals surface area contributed by atoms with Gasteiger partial charge in [0.15, 0.2) is 0 Å². The number of rotatable bonds is 7. The molecule has 2 N–H and O–H groups in total. The zero-order valence-electron chi connectivity index (χ0n) is 21.5. The Morgan fingerprint density at radius 3 is 2.80 bits per heavy atom. The number of aromatic nitrogens is 5. The molecule has 0 atom stereocenters. The molecule has 0 aliphatic carbocycles. The lowest BCUT2D eigenvalue weighted by Crippen LogP contribution is -2.66. The third-order valence-electron chi connectivity index (χ3n) is 7.71. The van der Waals surface area contributed by atoms with Crippen molar-refractivity contribution >= 4 is 22.8 Å². The number of carbonyl (C=O) groups excluding carboxylic acids is 1. The summed E-state index contributed by atoms with van der Waals surface area (Å²) in [5, 5.41) is 17.8. The molecule has 0 bridgehead atoms. The largest absolute Gasteiger partial charge is 0.433 e. The number of benzene rings is 1. The van der Waals surface area contributed by atoms with E-state index < -0.39 is 12.2 Å². The van der Waals surface area contributed by atoms with Crippen LogP contribution >= 0.6 is 0 Å². The Balaban J connectivity index is 1.07. The highest BCUT2D eigenvalue weighted by atomic mass is 19.3. The quantitative estimate of drug-likeness (QED) is 0.357. The third kappa shape index (κ3) is 4.82. The molecule has 13 heteroatoms. The van der Waals surface area contributed by atoms with E-state index in [1.165, 1.54) is 18.5 Å². The van der Waals surface area contributed by atoms with Crippen LogP contribution in [0.3, 0.4) is 0 Å². The van der Waals surface area contributed by atoms with E-state index in [4.69, 9.17) is 0 Å². The standard InChI is InChI=1S/C27H27F2N9O2/c28-25(29)40-22-4-2-1-3-21(22)35-26(39)36-11-6-19(7-12-36)37-15-27(16-37,8-9-30)38-14-18(13-34-38)23-20-5-10-31-24(20)33-17-32-23/h1-5,10,13-14,17,19,25H,6-8,11-12,15-16H2,(H,35,39)(H,31,32,33). The van der Waals surface area contributed by atoms with Crippen molar-refractivity contribution in [3.8, 4) is 23.1 Å². The summed E-state index contributed by atoms with van der Waals surface area (Å²) in [6.07, 6.45) is 8.93. The van der Waals surface area contributed by atoms with Crippen molar-refractivity contribution in [1.29, 1.82) is 5.26 Å². The van der Waals surface area contributed by atoms with Crippen molar-refractivity contribution in [2.75, 3.05) is 31.5 Å². The smallest absolute Gasteiger partial charge is 0.387 e. The second-order valence-corrected chi connectivity index (χ2v) is 10.1. The molecule has 0 spiro atoms. The average molecular weight is 548 g/mol. The van der Waals surface area contributed by atoms with E-state index in [1.54, 1.807) is 23.2 Å². The fourth-order valence-corrected chi connectivity index (χ4v) is 5.66. The van der Waals surface area contributed by atoms with Gasteiger partial charge in [0.25, 0.3) is 0 Å². The van der Waals surface area contributed by atoms with Crippen LogP contribution in [0.25, 0.3) is 22.3 Å². The van der Waals surface area contributed by atoms with Gasteiger partial charge < -0.3 is 19.9 Å². The van der Waals surface area contributed by atoms with E-state index in [1.807, 2.05) is 23.1 Å². The zero-order chi connectivity index (χ0) is 27.7. The number of ether oxygens (including phenoxy) is 1. The molecule has 2 fully saturated rings. The van der Waals surface area contributed by atoms with Crippen LogP contribution in [-0.4, -0.2) is 79.4 Å². The van der Waals surface area contributed by atoms with Crippen molar-refractivity contribution in [2.24, 2.45) is 0 Å². The highest BCUT2D eigenvalue weighted by Crippen LogP contribution is 2.37. The number of hydrogen-bond donors (Lipinski definition) is 2. The molecular formula is C27H27F2N9O2. The Morgan fingerprint density at radius 1 is 1.23 bits per heavy atom. The summed E-state index contributed by atoms with van der Waals surface area (Å²) in [6.45, 7) is -0.556. The van der Waals surface area contributed by atoms with Gasteiger partial charge in [-0.1, -0.05) is 12.1 Å². The summed E-state index contributed by atoms with van der Waals surface area (Å²) in [6, 6.07) is 10.3. The number of anilines is 1. The van der Waals surface area contributed by atoms with Gasteiger partial charge >= 0.3 is 12.6 Å². The number of amides is 2. The first kappa shape index (κ1) is 25.7. The van der Waals surface area contributed by atoms with E-state index in [-0.39, 0.29) is 23.5 Å². The number of carbonyl (C=O) groups is 1. The van der Waals surface area contributed by atoms with Crippen LogP contribution < -0.4 is 10.1 Å². The summed E-state index contributed by atoms with van der Waals surface area (Å²) in [5.41, 5.74) is 2.18. The molecule has 0 saturated carbocycles. The Kier molecular flexibility index (Phi) is 6.77. The van der Waals surface area contributed by atoms with Gasteiger partial charge in [-0.25, -0.2) is 14.8 Å². The molecule has 0 radical (unpaired) electrons. The number of nitrogens with zero attached hydrogens (tertiary/aromatic N) is 7. The lowest BCUT2D eigenvalue weighted by molar-refractivity contribution is -0.0493. The minimum Gasteiger partial charge on any atom is -0.433 e. The summed E-state index contributed by atoms with van der Waals surface area (Å²) in [5.74, 6) is -0.0749. The van der Waals surface area contributed by atoms with Crippen LogP contribution in [-0.2, 0) is 5.54 Å². The number of fused-ring (bicyclic) bond motifs is 1. The molecule has 2 aliphatic heterocycles. The van der Waals surface area contributed by atoms with Crippen LogP contribution in [0.15, 0.2) is 55.2 Å². The number of halogens is 2. The number of hydrogen-bond acceptors (Lipinski definition) is 7. The maximum absolute atomic E-state index is 12.8. The number of alkyl halides is 2. The maximum Gasteiger partial charge on any atom is 0.387 e. The Morgan fingerprint density at radius 2 is 2.02 bits per heavy atom. The minimum absolute atomic E-state index is 0.0749. The summed E-state index contributed by atoms with van der Waals surface area (Å²) >= 11 is 0. The first-order valence-electron chi connectivity index (χ1n) is 13.0. The zero-order valence-corrected chi connectivity index (χ0v) is 21.5. The second kappa shape index (κ2) is 10.5. The van der Waals surface area contributed by atoms with Crippen molar-refractivity contribution < 1.29 is 18.3 Å². The van der Waals surface area contributed by atoms with E-state index in [0.29, 0.717) is 32.6 Å². The number of aromatic amines is 1. The van der Waals surface area contributed by atoms with Crippen molar-refractivity contribution in [1.82, 2.24) is 34.5 Å². The van der Waals surface area contributed by atoms with E-state index in [9.17, 15) is 18.8 Å². The van der Waals surface area contributed by atoms with Crippen LogP contribution in [0.2, 0.25) is 0 Å². The number of H-pyrrole nitrogens is 1. The molecule has 3 aromatic heterocycles. The Labute approximate surface area is 228 Å². The summed E-state index contributed by atoms with van der Waals surface area (Å²) in [7, 11) is 0. The molecule has 2 aliphatic rings. The Bertz CT molecular complexity index is 1550. The van der Waals surface area contributed by atoms with Crippen molar-refractivity contribution in [2.45, 2.75) is 37.5 Å². The van der Waals surface area contributed by atoms with Gasteiger partial charge in [0, 0.05) is 55.6 Å². The lowest BCUT2D eigenvalue weighted by atomic mass is 9.84. The number of urea groups is 1. The molecule has 206 valence electrons. The normalized spacial score (nSPS) is 17.5. The van der Waals surface area contributed by atoms with E-state index >= 15 is 0 Å². The SMILES string of the molecule is N#CCC1(n2cc(-c3ncnc4[nH]ccc34)cn2)CN(C2CCN(C(=O)Nc3ccccc3OC(F)F)CC2)C1. The molecule has 4 aromatic rings. The van der Waals surface area contributed by atoms with Gasteiger partial charge in [0.2, 0.25) is 0 Å². The maximum atomic E-state index is 12.8. The summed E-state index contributed by atoms with van der Waals surface area (Å²) in [4.78, 5) is 28.6. The number of nitrogens with one attached hydrogen (secondary N) is 2. The summed E-state index contributed by atoms with van der Waals surface area (Å²) < 4.78 is 31.8. The molecule has 2 amide bonds. The van der Waals surface area contributed by atoms with Gasteiger partial charge in [0.05, 0.1) is 30.1 Å². The van der Waals surface area contributed by atoms with Crippen molar-refractivity contribution in [3.63, 3.8) is 0 Å². The lowest BCUT2D eigenvalue weighted by Gasteiger charge is -2.53. The van der Waals surface area contributed by atoms with Gasteiger partial charge in [0.1, 0.15) is 23.3 Å². The van der Waals surface area contributed by atoms with Crippen LogP contribution in [0.1, 0.15) is 19.3 Å². The molecule has 6 rings (SSSR count). The highest BCUT2D eigenvalue weighted by molar-refractivity contribution is 5.91. The van der Waals surface area contributed by atoms with Crippen LogP contribution in [0.5, 0.6) is 5.75 Å². The molecule has 40 heavy (non-hydrogen) atoms. The Hall–Kier alpha value is -4.57. The van der Waals surface area contributed by atoms with Gasteiger partial charge in [-0.2, -0.15) is 19.1 Å². The van der Waals surface area contributed by atoms with Gasteiger partial charge in [-0.15, -0.1) is 0 Å². The molecule has 5 heterocycles. The van der Waals surface area contributed by atoms with Crippen LogP contribution in [0.4, 0.5) is 19.3 Å². The molecular weight excluding hydrogens is 520 g/mol. The van der Waals surface area contributed by atoms with Crippen molar-refractivity contribution in [3.05, 3.63) is 55.2 Å². The topological polar surface area (TPSA) is 128 Å². The fraction of sp³-hybridized carbons (Fsp3) is 0.370. The average Bonchev–Trinajstić information content (AvgIpc) is 3.62. The minimum atomic E-state index is -2.98. The molecule has 0 unspecified atom stereocenters. The second-order valence-electron chi connectivity index (χ2n) is 10.1. The van der Waals surface area contributed by atoms with E-state index in [0.717, 1.165) is 35.1 Å². The molecule has 1 aromatic carbocycles. The monoisotopic (exact) mass is 547 g/mol. The fourth-order valence-electron chi connectivity index (χ4n) is 5.66. The number of para-hydroxylation sites is 2. The van der Waals surface area contributed by atoms with Crippen LogP contribution in [0, 0.1) is 11.3 Å². The first-order valence-corrected chi connectivity index (χ1v) is 13.0.